The van der Waals surface area contributed by atoms with E-state index in [1.54, 1.807) is 36.4 Å². The van der Waals surface area contributed by atoms with Crippen LogP contribution in [0.2, 0.25) is 0 Å². The number of aliphatic hydroxyl groups excluding tert-OH is 1. The summed E-state index contributed by atoms with van der Waals surface area (Å²) in [6.07, 6.45) is 1.46. The number of aliphatic hydroxyl groups is 1. The number of nitrogens with zero attached hydrogens (tertiary/aromatic N) is 1. The summed E-state index contributed by atoms with van der Waals surface area (Å²) in [7, 11) is -2.32. The minimum Gasteiger partial charge on any atom is -0.477 e. The largest absolute Gasteiger partial charge is 0.477 e. The number of pyridine rings is 1. The first-order valence-electron chi connectivity index (χ1n) is 8.80. The van der Waals surface area contributed by atoms with E-state index in [1.165, 1.54) is 23.9 Å². The first kappa shape index (κ1) is 20.7. The Morgan fingerprint density at radius 1 is 1.17 bits per heavy atom. The molecule has 1 aromatic heterocycles. The van der Waals surface area contributed by atoms with Crippen LogP contribution in [0.15, 0.2) is 58.4 Å². The van der Waals surface area contributed by atoms with Gasteiger partial charge in [0.1, 0.15) is 5.56 Å². The van der Waals surface area contributed by atoms with Crippen molar-refractivity contribution in [3.8, 4) is 0 Å². The molecule has 3 aromatic rings. The summed E-state index contributed by atoms with van der Waals surface area (Å²) >= 11 is 0. The lowest BCUT2D eigenvalue weighted by molar-refractivity contribution is 0.0694. The maximum atomic E-state index is 12.6. The minimum absolute atomic E-state index is 0.138. The van der Waals surface area contributed by atoms with Crippen LogP contribution in [0.25, 0.3) is 10.9 Å². The van der Waals surface area contributed by atoms with E-state index in [9.17, 15) is 28.2 Å². The number of sulfonamides is 1. The predicted molar refractivity (Wildman–Crippen MR) is 108 cm³/mol. The molecule has 1 heterocycles. The number of hydrogen-bond acceptors (Lipinski definition) is 5. The van der Waals surface area contributed by atoms with Gasteiger partial charge in [-0.15, -0.1) is 0 Å². The number of fused-ring (bicyclic) bond motifs is 1. The molecular formula is C20H20N2O6S. The monoisotopic (exact) mass is 416 g/mol. The zero-order valence-corrected chi connectivity index (χ0v) is 16.4. The lowest BCUT2D eigenvalue weighted by atomic mass is 10.0. The summed E-state index contributed by atoms with van der Waals surface area (Å²) in [5, 5.41) is 18.8. The van der Waals surface area contributed by atoms with Crippen molar-refractivity contribution in [1.82, 2.24) is 9.29 Å². The van der Waals surface area contributed by atoms with Crippen LogP contribution in [0.3, 0.4) is 0 Å². The third-order valence-electron chi connectivity index (χ3n) is 4.64. The molecule has 0 fully saturated rings. The highest BCUT2D eigenvalue weighted by Crippen LogP contribution is 2.21. The molecule has 0 saturated heterocycles. The average molecular weight is 416 g/mol. The van der Waals surface area contributed by atoms with Crippen molar-refractivity contribution in [2.45, 2.75) is 17.9 Å². The molecule has 0 aliphatic heterocycles. The topological polar surface area (TPSA) is 126 Å². The fourth-order valence-corrected chi connectivity index (χ4v) is 4.20. The van der Waals surface area contributed by atoms with Crippen molar-refractivity contribution in [1.29, 1.82) is 0 Å². The number of carboxylic acids is 1. The van der Waals surface area contributed by atoms with Crippen LogP contribution >= 0.6 is 0 Å². The molecule has 3 rings (SSSR count). The van der Waals surface area contributed by atoms with Crippen LogP contribution in [0.5, 0.6) is 0 Å². The Kier molecular flexibility index (Phi) is 5.83. The van der Waals surface area contributed by atoms with Crippen LogP contribution in [0, 0.1) is 0 Å². The normalized spacial score (nSPS) is 11.7. The van der Waals surface area contributed by atoms with Gasteiger partial charge in [0.25, 0.3) is 0 Å². The van der Waals surface area contributed by atoms with Crippen molar-refractivity contribution in [2.24, 2.45) is 0 Å². The number of benzene rings is 2. The summed E-state index contributed by atoms with van der Waals surface area (Å²) in [4.78, 5) is 24.2. The molecule has 0 radical (unpaired) electrons. The molecule has 0 aliphatic rings. The summed E-state index contributed by atoms with van der Waals surface area (Å²) in [5.74, 6) is -1.35. The van der Waals surface area contributed by atoms with E-state index in [-0.39, 0.29) is 35.4 Å². The lowest BCUT2D eigenvalue weighted by Gasteiger charge is -2.13. The maximum Gasteiger partial charge on any atom is 0.341 e. The quantitative estimate of drug-likeness (QED) is 0.531. The van der Waals surface area contributed by atoms with Crippen LogP contribution in [0.4, 0.5) is 0 Å². The molecule has 8 nitrogen and oxygen atoms in total. The third-order valence-corrected chi connectivity index (χ3v) is 6.16. The van der Waals surface area contributed by atoms with Crippen molar-refractivity contribution < 1.29 is 23.4 Å². The molecule has 29 heavy (non-hydrogen) atoms. The molecule has 3 N–H and O–H groups in total. The van der Waals surface area contributed by atoms with Crippen molar-refractivity contribution in [3.63, 3.8) is 0 Å². The van der Waals surface area contributed by atoms with Crippen molar-refractivity contribution >= 4 is 26.9 Å². The summed E-state index contributed by atoms with van der Waals surface area (Å²) in [5.41, 5.74) is 0.688. The number of rotatable bonds is 7. The van der Waals surface area contributed by atoms with Crippen LogP contribution in [-0.2, 0) is 23.0 Å². The van der Waals surface area contributed by atoms with Gasteiger partial charge < -0.3 is 14.8 Å². The predicted octanol–water partition coefficient (Wildman–Crippen LogP) is 1.19. The highest BCUT2D eigenvalue weighted by molar-refractivity contribution is 7.89. The van der Waals surface area contributed by atoms with E-state index < -0.39 is 21.4 Å². The number of hydrogen-bond donors (Lipinski definition) is 3. The maximum absolute atomic E-state index is 12.6. The highest BCUT2D eigenvalue weighted by Gasteiger charge is 2.18. The Hall–Kier alpha value is -3.01. The molecule has 0 bridgehead atoms. The molecule has 9 heteroatoms. The van der Waals surface area contributed by atoms with E-state index in [4.69, 9.17) is 0 Å². The second-order valence-electron chi connectivity index (χ2n) is 6.44. The van der Waals surface area contributed by atoms with E-state index in [0.29, 0.717) is 16.6 Å². The number of nitrogens with one attached hydrogen (secondary N) is 1. The van der Waals surface area contributed by atoms with E-state index in [0.717, 1.165) is 0 Å². The smallest absolute Gasteiger partial charge is 0.341 e. The Bertz CT molecular complexity index is 1250. The Labute approximate surface area is 167 Å². The fourth-order valence-electron chi connectivity index (χ4n) is 3.24. The first-order chi connectivity index (χ1) is 13.8. The van der Waals surface area contributed by atoms with Gasteiger partial charge in [-0.3, -0.25) is 4.79 Å². The second kappa shape index (κ2) is 8.16. The number of carboxylic acid groups (broad SMARTS) is 1. The van der Waals surface area contributed by atoms with Gasteiger partial charge in [-0.2, -0.15) is 0 Å². The molecule has 0 atom stereocenters. The van der Waals surface area contributed by atoms with Gasteiger partial charge in [-0.1, -0.05) is 24.3 Å². The van der Waals surface area contributed by atoms with Gasteiger partial charge in [0, 0.05) is 18.1 Å². The molecule has 152 valence electrons. The zero-order chi connectivity index (χ0) is 21.2. The van der Waals surface area contributed by atoms with Gasteiger partial charge in [-0.05, 0) is 42.8 Å². The summed E-state index contributed by atoms with van der Waals surface area (Å²) in [6, 6.07) is 11.5. The van der Waals surface area contributed by atoms with Gasteiger partial charge >= 0.3 is 5.97 Å². The molecule has 0 amide bonds. The average Bonchev–Trinajstić information content (AvgIpc) is 2.70. The molecule has 0 saturated carbocycles. The van der Waals surface area contributed by atoms with Crippen LogP contribution in [-0.4, -0.2) is 42.8 Å². The lowest BCUT2D eigenvalue weighted by Crippen LogP contribution is -2.20. The molecule has 0 spiro atoms. The van der Waals surface area contributed by atoms with Crippen molar-refractivity contribution in [3.05, 3.63) is 75.6 Å². The Morgan fingerprint density at radius 3 is 2.55 bits per heavy atom. The van der Waals surface area contributed by atoms with Gasteiger partial charge in [-0.25, -0.2) is 17.9 Å². The summed E-state index contributed by atoms with van der Waals surface area (Å²) in [6.45, 7) is -0.0757. The standard InChI is InChI=1S/C20H20N2O6S/c1-21-29(27,28)18-5-3-2-4-14(18)10-13-6-7-17-15(11-13)19(24)16(20(25)26)12-22(17)8-9-23/h2-7,11-12,21,23H,8-10H2,1H3,(H,25,26). The molecule has 2 aromatic carbocycles. The van der Waals surface area contributed by atoms with Crippen molar-refractivity contribution in [2.75, 3.05) is 13.7 Å². The van der Waals surface area contributed by atoms with Gasteiger partial charge in [0.05, 0.1) is 17.0 Å². The van der Waals surface area contributed by atoms with E-state index in [2.05, 4.69) is 4.72 Å². The fraction of sp³-hybridized carbons (Fsp3) is 0.200. The minimum atomic E-state index is -3.65. The number of aromatic nitrogens is 1. The molecule has 0 unspecified atom stereocenters. The number of carbonyl (C=O) groups is 1. The third kappa shape index (κ3) is 4.07. The van der Waals surface area contributed by atoms with Crippen LogP contribution in [0.1, 0.15) is 21.5 Å². The Morgan fingerprint density at radius 2 is 1.90 bits per heavy atom. The highest BCUT2D eigenvalue weighted by atomic mass is 32.2. The summed E-state index contributed by atoms with van der Waals surface area (Å²) < 4.78 is 28.3. The Balaban J connectivity index is 2.16. The van der Waals surface area contributed by atoms with Gasteiger partial charge in [0.2, 0.25) is 15.5 Å². The second-order valence-corrected chi connectivity index (χ2v) is 8.29. The molecular weight excluding hydrogens is 396 g/mol. The number of aromatic carboxylic acids is 1. The first-order valence-corrected chi connectivity index (χ1v) is 10.3. The zero-order valence-electron chi connectivity index (χ0n) is 15.6. The van der Waals surface area contributed by atoms with Gasteiger partial charge in [0.15, 0.2) is 0 Å². The molecule has 0 aliphatic carbocycles. The van der Waals surface area contributed by atoms with E-state index in [1.807, 2.05) is 0 Å². The van der Waals surface area contributed by atoms with Crippen LogP contribution < -0.4 is 10.2 Å². The SMILES string of the molecule is CNS(=O)(=O)c1ccccc1Cc1ccc2c(c1)c(=O)c(C(=O)O)cn2CCO. The van der Waals surface area contributed by atoms with E-state index >= 15 is 0 Å².